The topological polar surface area (TPSA) is 58.5 Å². The van der Waals surface area contributed by atoms with E-state index < -0.39 is 0 Å². The van der Waals surface area contributed by atoms with Crippen molar-refractivity contribution in [2.24, 2.45) is 10.4 Å². The molecular formula is C21H37IN4O. The van der Waals surface area contributed by atoms with E-state index >= 15 is 0 Å². The Morgan fingerprint density at radius 1 is 1.26 bits per heavy atom. The molecule has 1 saturated carbocycles. The molecule has 1 fully saturated rings. The van der Waals surface area contributed by atoms with Gasteiger partial charge in [-0.25, -0.2) is 0 Å². The summed E-state index contributed by atoms with van der Waals surface area (Å²) < 4.78 is 5.62. The molecule has 0 unspecified atom stereocenters. The molecule has 0 saturated heterocycles. The van der Waals surface area contributed by atoms with Crippen molar-refractivity contribution in [3.63, 3.8) is 0 Å². The van der Waals surface area contributed by atoms with E-state index in [1.54, 1.807) is 0 Å². The molecule has 1 aliphatic rings. The molecule has 0 bridgehead atoms. The highest BCUT2D eigenvalue weighted by atomic mass is 127. The summed E-state index contributed by atoms with van der Waals surface area (Å²) in [5, 5.41) is 6.88. The molecule has 27 heavy (non-hydrogen) atoms. The molecule has 0 aliphatic heterocycles. The summed E-state index contributed by atoms with van der Waals surface area (Å²) in [6.07, 6.45) is 11.1. The first-order chi connectivity index (χ1) is 12.7. The quantitative estimate of drug-likeness (QED) is 0.226. The Morgan fingerprint density at radius 3 is 2.70 bits per heavy atom. The van der Waals surface area contributed by atoms with Gasteiger partial charge in [-0.15, -0.1) is 24.0 Å². The fraction of sp³-hybridized carbons (Fsp3) is 0.714. The van der Waals surface area contributed by atoms with Crippen LogP contribution in [-0.4, -0.2) is 43.8 Å². The predicted molar refractivity (Wildman–Crippen MR) is 124 cm³/mol. The van der Waals surface area contributed by atoms with E-state index in [2.05, 4.69) is 42.5 Å². The summed E-state index contributed by atoms with van der Waals surface area (Å²) in [6.45, 7) is 10.6. The maximum Gasteiger partial charge on any atom is 0.191 e. The average Bonchev–Trinajstić information content (AvgIpc) is 3.11. The van der Waals surface area contributed by atoms with Crippen molar-refractivity contribution in [3.05, 3.63) is 29.6 Å². The van der Waals surface area contributed by atoms with E-state index in [1.807, 2.05) is 12.4 Å². The number of aryl methyl sites for hydroxylation is 1. The van der Waals surface area contributed by atoms with Gasteiger partial charge in [0.05, 0.1) is 0 Å². The highest BCUT2D eigenvalue weighted by Crippen LogP contribution is 2.41. The van der Waals surface area contributed by atoms with Crippen molar-refractivity contribution in [1.29, 1.82) is 0 Å². The van der Waals surface area contributed by atoms with E-state index in [0.717, 1.165) is 51.6 Å². The van der Waals surface area contributed by atoms with Crippen LogP contribution in [0.4, 0.5) is 0 Å². The third kappa shape index (κ3) is 8.34. The second-order valence-corrected chi connectivity index (χ2v) is 7.33. The van der Waals surface area contributed by atoms with Crippen molar-refractivity contribution in [3.8, 4) is 0 Å². The first-order valence-electron chi connectivity index (χ1n) is 10.2. The van der Waals surface area contributed by atoms with Gasteiger partial charge in [0.2, 0.25) is 0 Å². The number of aliphatic imine (C=N–C) groups is 1. The molecule has 2 rings (SSSR count). The molecule has 5 nitrogen and oxygen atoms in total. The normalized spacial score (nSPS) is 16.0. The van der Waals surface area contributed by atoms with Crippen molar-refractivity contribution in [2.45, 2.75) is 59.3 Å². The minimum absolute atomic E-state index is 0. The van der Waals surface area contributed by atoms with Crippen LogP contribution >= 0.6 is 24.0 Å². The Morgan fingerprint density at radius 2 is 2.04 bits per heavy atom. The van der Waals surface area contributed by atoms with Gasteiger partial charge < -0.3 is 15.4 Å². The van der Waals surface area contributed by atoms with Crippen molar-refractivity contribution in [1.82, 2.24) is 15.6 Å². The van der Waals surface area contributed by atoms with Crippen LogP contribution in [0.1, 0.15) is 57.1 Å². The number of ether oxygens (including phenoxy) is 1. The fourth-order valence-electron chi connectivity index (χ4n) is 3.73. The number of hydrogen-bond donors (Lipinski definition) is 2. The van der Waals surface area contributed by atoms with Gasteiger partial charge in [0.15, 0.2) is 5.96 Å². The fourth-order valence-corrected chi connectivity index (χ4v) is 3.73. The zero-order chi connectivity index (χ0) is 18.7. The van der Waals surface area contributed by atoms with Crippen LogP contribution < -0.4 is 10.6 Å². The lowest BCUT2D eigenvalue weighted by Gasteiger charge is -2.27. The molecule has 0 radical (unpaired) electrons. The summed E-state index contributed by atoms with van der Waals surface area (Å²) in [6, 6.07) is 2.10. The van der Waals surface area contributed by atoms with Crippen molar-refractivity contribution >= 4 is 29.9 Å². The number of nitrogens with zero attached hydrogens (tertiary/aromatic N) is 2. The molecule has 1 aromatic rings. The van der Waals surface area contributed by atoms with Gasteiger partial charge in [0.25, 0.3) is 0 Å². The molecule has 1 aromatic heterocycles. The zero-order valence-electron chi connectivity index (χ0n) is 17.2. The molecule has 1 aliphatic carbocycles. The average molecular weight is 488 g/mol. The lowest BCUT2D eigenvalue weighted by atomic mass is 9.83. The maximum atomic E-state index is 5.62. The smallest absolute Gasteiger partial charge is 0.191 e. The molecular weight excluding hydrogens is 451 g/mol. The molecule has 6 heteroatoms. The number of guanidine groups is 1. The molecule has 0 aromatic carbocycles. The third-order valence-electron chi connectivity index (χ3n) is 5.39. The van der Waals surface area contributed by atoms with E-state index in [4.69, 9.17) is 9.73 Å². The van der Waals surface area contributed by atoms with Crippen molar-refractivity contribution in [2.75, 3.05) is 32.8 Å². The molecule has 2 N–H and O–H groups in total. The highest BCUT2D eigenvalue weighted by Gasteiger charge is 2.33. The minimum atomic E-state index is 0. The van der Waals surface area contributed by atoms with Crippen LogP contribution in [0.25, 0.3) is 0 Å². The first-order valence-corrected chi connectivity index (χ1v) is 10.2. The Balaban J connectivity index is 0.00000364. The van der Waals surface area contributed by atoms with Gasteiger partial charge in [-0.05, 0) is 69.1 Å². The van der Waals surface area contributed by atoms with Gasteiger partial charge in [-0.1, -0.05) is 12.8 Å². The summed E-state index contributed by atoms with van der Waals surface area (Å²) in [4.78, 5) is 9.09. The third-order valence-corrected chi connectivity index (χ3v) is 5.39. The summed E-state index contributed by atoms with van der Waals surface area (Å²) >= 11 is 0. The van der Waals surface area contributed by atoms with Crippen molar-refractivity contribution < 1.29 is 4.74 Å². The monoisotopic (exact) mass is 488 g/mol. The Bertz CT molecular complexity index is 559. The van der Waals surface area contributed by atoms with Gasteiger partial charge in [0.1, 0.15) is 0 Å². The first kappa shape index (κ1) is 24.1. The van der Waals surface area contributed by atoms with Crippen LogP contribution in [0.5, 0.6) is 0 Å². The number of aromatic nitrogens is 1. The Labute approximate surface area is 182 Å². The molecule has 0 atom stereocenters. The van der Waals surface area contributed by atoms with E-state index in [1.165, 1.54) is 36.8 Å². The second kappa shape index (κ2) is 13.3. The van der Waals surface area contributed by atoms with Crippen LogP contribution in [0.15, 0.2) is 23.5 Å². The summed E-state index contributed by atoms with van der Waals surface area (Å²) in [5.41, 5.74) is 2.92. The molecule has 0 amide bonds. The number of halogens is 1. The predicted octanol–water partition coefficient (Wildman–Crippen LogP) is 4.09. The van der Waals surface area contributed by atoms with E-state index in [9.17, 15) is 0 Å². The highest BCUT2D eigenvalue weighted by molar-refractivity contribution is 14.0. The van der Waals surface area contributed by atoms with E-state index in [0.29, 0.717) is 5.41 Å². The van der Waals surface area contributed by atoms with Gasteiger partial charge >= 0.3 is 0 Å². The standard InChI is InChI=1S/C21H36N4O.HI/c1-4-23-20(24-14-9-19-8-13-22-16-18(19)3)25-17-21(10-6-7-11-21)12-15-26-5-2;/h8,13,16H,4-7,9-12,14-15,17H2,1-3H3,(H2,23,24,25);1H. The molecule has 154 valence electrons. The van der Waals surface area contributed by atoms with Crippen LogP contribution in [-0.2, 0) is 11.2 Å². The Kier molecular flexibility index (Phi) is 11.9. The Hall–Kier alpha value is -0.890. The number of pyridine rings is 1. The number of hydrogen-bond acceptors (Lipinski definition) is 3. The van der Waals surface area contributed by atoms with Gasteiger partial charge in [0, 0.05) is 45.2 Å². The SMILES string of the molecule is CCNC(=NCC1(CCOCC)CCCC1)NCCc1ccncc1C.I. The van der Waals surface area contributed by atoms with Gasteiger partial charge in [-0.2, -0.15) is 0 Å². The zero-order valence-corrected chi connectivity index (χ0v) is 19.6. The maximum absolute atomic E-state index is 5.62. The number of rotatable bonds is 10. The second-order valence-electron chi connectivity index (χ2n) is 7.33. The molecule has 1 heterocycles. The van der Waals surface area contributed by atoms with Gasteiger partial charge in [-0.3, -0.25) is 9.98 Å². The van der Waals surface area contributed by atoms with Crippen LogP contribution in [0.3, 0.4) is 0 Å². The summed E-state index contributed by atoms with van der Waals surface area (Å²) in [7, 11) is 0. The molecule has 0 spiro atoms. The van der Waals surface area contributed by atoms with Crippen LogP contribution in [0.2, 0.25) is 0 Å². The van der Waals surface area contributed by atoms with Crippen LogP contribution in [0, 0.1) is 12.3 Å². The minimum Gasteiger partial charge on any atom is -0.382 e. The lowest BCUT2D eigenvalue weighted by Crippen LogP contribution is -2.39. The summed E-state index contributed by atoms with van der Waals surface area (Å²) in [5.74, 6) is 0.932. The van der Waals surface area contributed by atoms with E-state index in [-0.39, 0.29) is 24.0 Å². The number of nitrogens with one attached hydrogen (secondary N) is 2. The lowest BCUT2D eigenvalue weighted by molar-refractivity contribution is 0.107. The largest absolute Gasteiger partial charge is 0.382 e.